The molecule has 6 aliphatic rings. The molecule has 1 spiro atoms. The highest BCUT2D eigenvalue weighted by Crippen LogP contribution is 2.79. The third kappa shape index (κ3) is 2.23. The lowest BCUT2D eigenvalue weighted by molar-refractivity contribution is -0.245. The molecule has 5 fully saturated rings. The molecule has 0 radical (unpaired) electrons. The first-order valence-electron chi connectivity index (χ1n) is 13.9. The molecule has 11 atom stereocenters. The molecule has 0 aromatic rings. The molecule has 1 aliphatic heterocycles. The van der Waals surface area contributed by atoms with Crippen LogP contribution in [0.15, 0.2) is 12.2 Å². The summed E-state index contributed by atoms with van der Waals surface area (Å²) in [6.07, 6.45) is 13.4. The predicted molar refractivity (Wildman–Crippen MR) is 130 cm³/mol. The Morgan fingerprint density at radius 3 is 2.39 bits per heavy atom. The summed E-state index contributed by atoms with van der Waals surface area (Å²) in [6.45, 7) is 17.0. The number of rotatable bonds is 0. The van der Waals surface area contributed by atoms with Gasteiger partial charge in [0, 0.05) is 11.3 Å². The molecule has 3 nitrogen and oxygen atoms in total. The van der Waals surface area contributed by atoms with Crippen molar-refractivity contribution in [1.82, 2.24) is 0 Å². The SMILES string of the molecule is CC1C2[C@]3(CC[C@H]1C)CC[C@]1(C)[C@@]2(C=CC2[C@@]4(C)CC[C@H](O)C(C)(C)C4CC[C@]21C)OC3=O. The monoisotopic (exact) mass is 454 g/mol. The van der Waals surface area contributed by atoms with Gasteiger partial charge < -0.3 is 9.84 Å². The third-order valence-electron chi connectivity index (χ3n) is 13.8. The van der Waals surface area contributed by atoms with Crippen LogP contribution in [0.3, 0.4) is 0 Å². The van der Waals surface area contributed by atoms with E-state index < -0.39 is 5.60 Å². The first-order valence-corrected chi connectivity index (χ1v) is 13.9. The van der Waals surface area contributed by atoms with Gasteiger partial charge in [-0.05, 0) is 97.4 Å². The average Bonchev–Trinajstić information content (AvgIpc) is 2.95. The molecule has 0 amide bonds. The molecular weight excluding hydrogens is 408 g/mol. The molecule has 5 aliphatic carbocycles. The van der Waals surface area contributed by atoms with Crippen molar-refractivity contribution in [1.29, 1.82) is 0 Å². The van der Waals surface area contributed by atoms with Crippen LogP contribution in [0.5, 0.6) is 0 Å². The highest BCUT2D eigenvalue weighted by Gasteiger charge is 2.80. The van der Waals surface area contributed by atoms with Gasteiger partial charge in [-0.2, -0.15) is 0 Å². The Hall–Kier alpha value is -0.830. The van der Waals surface area contributed by atoms with E-state index in [-0.39, 0.29) is 39.1 Å². The van der Waals surface area contributed by atoms with Crippen molar-refractivity contribution in [2.24, 2.45) is 56.7 Å². The summed E-state index contributed by atoms with van der Waals surface area (Å²) in [5.41, 5.74) is -0.514. The number of carbonyl (C=O) groups is 1. The van der Waals surface area contributed by atoms with E-state index in [1.54, 1.807) is 0 Å². The second kappa shape index (κ2) is 6.29. The zero-order valence-electron chi connectivity index (χ0n) is 22.0. The van der Waals surface area contributed by atoms with Gasteiger partial charge in [0.25, 0.3) is 0 Å². The minimum Gasteiger partial charge on any atom is -0.453 e. The molecule has 1 saturated heterocycles. The van der Waals surface area contributed by atoms with Gasteiger partial charge in [0.2, 0.25) is 0 Å². The Balaban J connectivity index is 1.52. The summed E-state index contributed by atoms with van der Waals surface area (Å²) in [7, 11) is 0. The van der Waals surface area contributed by atoms with Crippen LogP contribution in [0.2, 0.25) is 0 Å². The number of ether oxygens (including phenoxy) is 1. The van der Waals surface area contributed by atoms with Crippen molar-refractivity contribution in [3.63, 3.8) is 0 Å². The van der Waals surface area contributed by atoms with Gasteiger partial charge in [0.05, 0.1) is 11.5 Å². The Kier molecular flexibility index (Phi) is 4.31. The summed E-state index contributed by atoms with van der Waals surface area (Å²) < 4.78 is 6.71. The molecule has 0 aromatic carbocycles. The first kappa shape index (κ1) is 22.6. The smallest absolute Gasteiger partial charge is 0.313 e. The number of hydrogen-bond acceptors (Lipinski definition) is 3. The van der Waals surface area contributed by atoms with Gasteiger partial charge in [-0.1, -0.05) is 54.5 Å². The Labute approximate surface area is 201 Å². The van der Waals surface area contributed by atoms with E-state index in [0.717, 1.165) is 44.9 Å². The standard InChI is InChI=1S/C30H46O3/c1-18-8-14-29-17-16-28(7)27(6)13-9-20-25(3,4)22(31)11-12-26(20,5)21(27)10-15-30(28,33-24(29)32)23(29)19(18)2/h10,15,18-23,31H,8-9,11-14,16-17H2,1-7H3/t18-,19?,20?,21?,22+,23?,26+,27-,28+,29+,30+/m1/s1. The number of fused-ring (bicyclic) bond motifs is 4. The lowest BCUT2D eigenvalue weighted by Gasteiger charge is -2.72. The van der Waals surface area contributed by atoms with Crippen LogP contribution in [-0.2, 0) is 9.53 Å². The zero-order valence-corrected chi connectivity index (χ0v) is 22.0. The number of esters is 1. The minimum atomic E-state index is -0.450. The van der Waals surface area contributed by atoms with Gasteiger partial charge in [0.15, 0.2) is 0 Å². The maximum absolute atomic E-state index is 13.6. The van der Waals surface area contributed by atoms with Gasteiger partial charge in [0.1, 0.15) is 5.60 Å². The lowest BCUT2D eigenvalue weighted by atomic mass is 9.32. The van der Waals surface area contributed by atoms with Gasteiger partial charge in [-0.25, -0.2) is 0 Å². The van der Waals surface area contributed by atoms with Crippen LogP contribution in [0.25, 0.3) is 0 Å². The Morgan fingerprint density at radius 1 is 0.939 bits per heavy atom. The second-order valence-corrected chi connectivity index (χ2v) is 14.8. The number of aliphatic hydroxyl groups excluding tert-OH is 1. The first-order chi connectivity index (χ1) is 15.3. The second-order valence-electron chi connectivity index (χ2n) is 14.8. The molecule has 4 saturated carbocycles. The molecule has 1 heterocycles. The molecule has 0 aromatic heterocycles. The summed E-state index contributed by atoms with van der Waals surface area (Å²) in [4.78, 5) is 13.6. The van der Waals surface area contributed by atoms with E-state index in [1.165, 1.54) is 6.42 Å². The van der Waals surface area contributed by atoms with Gasteiger partial charge >= 0.3 is 5.97 Å². The predicted octanol–water partition coefficient (Wildman–Crippen LogP) is 6.54. The minimum absolute atomic E-state index is 0.0424. The van der Waals surface area contributed by atoms with E-state index in [9.17, 15) is 9.90 Å². The molecule has 2 bridgehead atoms. The molecule has 3 heteroatoms. The van der Waals surface area contributed by atoms with E-state index in [0.29, 0.717) is 29.6 Å². The highest BCUT2D eigenvalue weighted by molar-refractivity contribution is 5.82. The topological polar surface area (TPSA) is 46.5 Å². The maximum atomic E-state index is 13.6. The van der Waals surface area contributed by atoms with E-state index >= 15 is 0 Å². The van der Waals surface area contributed by atoms with Crippen LogP contribution < -0.4 is 0 Å². The van der Waals surface area contributed by atoms with Crippen LogP contribution in [0.4, 0.5) is 0 Å². The fourth-order valence-corrected chi connectivity index (χ4v) is 11.4. The van der Waals surface area contributed by atoms with Crippen molar-refractivity contribution in [3.05, 3.63) is 12.2 Å². The third-order valence-corrected chi connectivity index (χ3v) is 13.8. The number of aliphatic hydroxyl groups is 1. The molecule has 6 rings (SSSR count). The fourth-order valence-electron chi connectivity index (χ4n) is 11.4. The van der Waals surface area contributed by atoms with Crippen molar-refractivity contribution in [3.8, 4) is 0 Å². The molecule has 33 heavy (non-hydrogen) atoms. The van der Waals surface area contributed by atoms with Crippen LogP contribution in [-0.4, -0.2) is 22.8 Å². The van der Waals surface area contributed by atoms with Crippen LogP contribution in [0.1, 0.15) is 99.8 Å². The molecule has 4 unspecified atom stereocenters. The molecular formula is C30H46O3. The normalized spacial score (nSPS) is 60.8. The molecule has 1 N–H and O–H groups in total. The van der Waals surface area contributed by atoms with E-state index in [2.05, 4.69) is 60.6 Å². The van der Waals surface area contributed by atoms with Crippen molar-refractivity contribution in [2.75, 3.05) is 0 Å². The quantitative estimate of drug-likeness (QED) is 0.334. The maximum Gasteiger partial charge on any atom is 0.313 e. The van der Waals surface area contributed by atoms with Crippen LogP contribution >= 0.6 is 0 Å². The Bertz CT molecular complexity index is 922. The van der Waals surface area contributed by atoms with Crippen LogP contribution in [0, 0.1) is 56.7 Å². The summed E-state index contributed by atoms with van der Waals surface area (Å²) >= 11 is 0. The zero-order chi connectivity index (χ0) is 23.8. The van der Waals surface area contributed by atoms with Gasteiger partial charge in [-0.3, -0.25) is 4.79 Å². The number of allylic oxidation sites excluding steroid dienone is 1. The summed E-state index contributed by atoms with van der Waals surface area (Å²) in [5.74, 6) is 2.56. The van der Waals surface area contributed by atoms with Crippen molar-refractivity contribution >= 4 is 5.97 Å². The number of hydrogen-bond donors (Lipinski definition) is 1. The largest absolute Gasteiger partial charge is 0.453 e. The molecule has 184 valence electrons. The fraction of sp³-hybridized carbons (Fsp3) is 0.900. The van der Waals surface area contributed by atoms with Gasteiger partial charge in [-0.15, -0.1) is 0 Å². The lowest BCUT2D eigenvalue weighted by Crippen LogP contribution is -2.71. The summed E-state index contributed by atoms with van der Waals surface area (Å²) in [5, 5.41) is 10.9. The van der Waals surface area contributed by atoms with E-state index in [4.69, 9.17) is 4.74 Å². The van der Waals surface area contributed by atoms with Crippen molar-refractivity contribution in [2.45, 2.75) is 112 Å². The Morgan fingerprint density at radius 2 is 1.67 bits per heavy atom. The van der Waals surface area contributed by atoms with Crippen molar-refractivity contribution < 1.29 is 14.6 Å². The average molecular weight is 455 g/mol. The van der Waals surface area contributed by atoms with E-state index in [1.807, 2.05) is 0 Å². The highest BCUT2D eigenvalue weighted by atomic mass is 16.6. The summed E-state index contributed by atoms with van der Waals surface area (Å²) in [6, 6.07) is 0. The number of carbonyl (C=O) groups excluding carboxylic acids is 1.